The lowest BCUT2D eigenvalue weighted by atomic mass is 9.82. The molecule has 0 radical (unpaired) electrons. The van der Waals surface area contributed by atoms with Crippen LogP contribution in [0, 0.1) is 11.6 Å². The largest absolute Gasteiger partial charge is 0.454 e. The maximum absolute atomic E-state index is 14.9. The Morgan fingerprint density at radius 3 is 2.39 bits per heavy atom. The Labute approximate surface area is 245 Å². The minimum atomic E-state index is -4.19. The van der Waals surface area contributed by atoms with Gasteiger partial charge in [-0.15, -0.1) is 11.8 Å². The third-order valence-electron chi connectivity index (χ3n) is 8.54. The lowest BCUT2D eigenvalue weighted by Crippen LogP contribution is -2.23. The second kappa shape index (κ2) is 11.7. The molecule has 2 fully saturated rings. The van der Waals surface area contributed by atoms with Gasteiger partial charge < -0.3 is 4.74 Å². The van der Waals surface area contributed by atoms with Crippen molar-refractivity contribution in [2.45, 2.75) is 99.2 Å². The number of aromatic nitrogens is 1. The van der Waals surface area contributed by atoms with E-state index in [1.54, 1.807) is 11.8 Å². The molecule has 0 saturated heterocycles. The quantitative estimate of drug-likeness (QED) is 0.263. The van der Waals surface area contributed by atoms with Crippen molar-refractivity contribution < 1.29 is 21.9 Å². The summed E-state index contributed by atoms with van der Waals surface area (Å²) < 4.78 is 61.9. The predicted octanol–water partition coefficient (Wildman–Crippen LogP) is 8.38. The van der Waals surface area contributed by atoms with Gasteiger partial charge in [-0.3, -0.25) is 4.98 Å². The Hall–Kier alpha value is -2.49. The molecule has 3 aromatic rings. The van der Waals surface area contributed by atoms with Gasteiger partial charge in [0.25, 0.3) is 0 Å². The molecule has 5 nitrogen and oxygen atoms in total. The lowest BCUT2D eigenvalue weighted by molar-refractivity contribution is 0.428. The Morgan fingerprint density at radius 1 is 0.951 bits per heavy atom. The molecule has 0 bridgehead atoms. The van der Waals surface area contributed by atoms with Crippen LogP contribution >= 0.6 is 11.8 Å². The number of sulfonamides is 1. The minimum absolute atomic E-state index is 0.0113. The summed E-state index contributed by atoms with van der Waals surface area (Å²) in [5.74, 6) is -0.0372. The van der Waals surface area contributed by atoms with E-state index < -0.39 is 21.7 Å². The summed E-state index contributed by atoms with van der Waals surface area (Å²) in [7, 11) is -4.19. The summed E-state index contributed by atoms with van der Waals surface area (Å²) in [5.41, 5.74) is 4.62. The van der Waals surface area contributed by atoms with E-state index in [2.05, 4.69) is 6.92 Å². The maximum Gasteiger partial charge on any atom is 0.240 e. The number of ether oxygens (including phenoxy) is 1. The highest BCUT2D eigenvalue weighted by Gasteiger charge is 2.35. The summed E-state index contributed by atoms with van der Waals surface area (Å²) in [6, 6.07) is 7.19. The van der Waals surface area contributed by atoms with E-state index in [0.717, 1.165) is 104 Å². The number of hydrogen-bond donors (Lipinski definition) is 1. The molecule has 0 aliphatic heterocycles. The van der Waals surface area contributed by atoms with E-state index in [0.29, 0.717) is 34.9 Å². The molecule has 2 N–H and O–H groups in total. The fraction of sp³-hybridized carbons (Fsp3) is 0.469. The Kier molecular flexibility index (Phi) is 8.13. The van der Waals surface area contributed by atoms with Crippen molar-refractivity contribution in [2.24, 2.45) is 5.14 Å². The molecule has 0 spiro atoms. The molecule has 41 heavy (non-hydrogen) atoms. The van der Waals surface area contributed by atoms with Gasteiger partial charge in [0.15, 0.2) is 11.6 Å². The third kappa shape index (κ3) is 5.90. The van der Waals surface area contributed by atoms with Crippen LogP contribution in [0.2, 0.25) is 0 Å². The number of benzene rings is 2. The summed E-state index contributed by atoms with van der Waals surface area (Å²) in [6.07, 6.45) is 10.4. The van der Waals surface area contributed by atoms with Gasteiger partial charge in [0.1, 0.15) is 16.5 Å². The molecule has 218 valence electrons. The number of halogens is 2. The van der Waals surface area contributed by atoms with Crippen molar-refractivity contribution in [1.29, 1.82) is 0 Å². The predicted molar refractivity (Wildman–Crippen MR) is 158 cm³/mol. The zero-order chi connectivity index (χ0) is 28.7. The van der Waals surface area contributed by atoms with Crippen LogP contribution < -0.4 is 9.88 Å². The van der Waals surface area contributed by atoms with Gasteiger partial charge in [0.05, 0.1) is 5.69 Å². The first-order valence-corrected chi connectivity index (χ1v) is 17.3. The van der Waals surface area contributed by atoms with E-state index in [1.165, 1.54) is 6.07 Å². The number of primary sulfonamides is 1. The van der Waals surface area contributed by atoms with Crippen LogP contribution in [-0.2, 0) is 22.9 Å². The maximum atomic E-state index is 14.9. The van der Waals surface area contributed by atoms with Gasteiger partial charge in [-0.2, -0.15) is 0 Å². The van der Waals surface area contributed by atoms with Crippen molar-refractivity contribution in [3.05, 3.63) is 64.5 Å². The van der Waals surface area contributed by atoms with E-state index >= 15 is 0 Å². The van der Waals surface area contributed by atoms with Crippen molar-refractivity contribution in [2.75, 3.05) is 5.75 Å². The molecule has 2 aromatic carbocycles. The van der Waals surface area contributed by atoms with E-state index in [-0.39, 0.29) is 16.6 Å². The highest BCUT2D eigenvalue weighted by atomic mass is 32.2. The number of hydrogen-bond acceptors (Lipinski definition) is 5. The van der Waals surface area contributed by atoms with E-state index in [9.17, 15) is 17.2 Å². The first-order valence-electron chi connectivity index (χ1n) is 14.8. The number of fused-ring (bicyclic) bond motifs is 1. The van der Waals surface area contributed by atoms with Crippen molar-refractivity contribution in [3.63, 3.8) is 0 Å². The average Bonchev–Trinajstić information content (AvgIpc) is 3.80. The highest BCUT2D eigenvalue weighted by molar-refractivity contribution is 7.99. The second-order valence-electron chi connectivity index (χ2n) is 11.5. The van der Waals surface area contributed by atoms with Crippen molar-refractivity contribution in [1.82, 2.24) is 4.98 Å². The van der Waals surface area contributed by atoms with Crippen LogP contribution in [0.5, 0.6) is 11.5 Å². The summed E-state index contributed by atoms with van der Waals surface area (Å²) >= 11 is 1.71. The molecule has 0 unspecified atom stereocenters. The smallest absolute Gasteiger partial charge is 0.240 e. The van der Waals surface area contributed by atoms with Gasteiger partial charge in [-0.25, -0.2) is 22.3 Å². The summed E-state index contributed by atoms with van der Waals surface area (Å²) in [4.78, 5) is 6.19. The Balaban J connectivity index is 1.66. The zero-order valence-electron chi connectivity index (χ0n) is 23.3. The standard InChI is InChI=1S/C32H36F2N2O3S2/c1-2-40-29-18-24(28(17-23(29)19-12-13-19)39-27-15-14-21(33)16-25(27)34)30-22-10-6-7-11-26(22)36-31(32(30)41(35,37)38)20-8-4-3-5-9-20/h14-20H,2-13H2,1H3,(H2,35,37,38). The van der Waals surface area contributed by atoms with Crippen LogP contribution in [0.4, 0.5) is 8.78 Å². The molecule has 0 atom stereocenters. The van der Waals surface area contributed by atoms with Gasteiger partial charge in [0, 0.05) is 33.7 Å². The number of rotatable bonds is 8. The van der Waals surface area contributed by atoms with Gasteiger partial charge in [-0.1, -0.05) is 26.2 Å². The SMILES string of the molecule is CCSc1cc(-c2c3c(nc(C4CCCCC4)c2S(N)(=O)=O)CCCC3)c(Oc2ccc(F)cc2F)cc1C1CC1. The fourth-order valence-corrected chi connectivity index (χ4v) is 8.42. The molecular formula is C32H36F2N2O3S2. The van der Waals surface area contributed by atoms with Crippen LogP contribution in [0.3, 0.4) is 0 Å². The Morgan fingerprint density at radius 2 is 1.71 bits per heavy atom. The van der Waals surface area contributed by atoms with Crippen molar-refractivity contribution >= 4 is 21.8 Å². The number of nitrogens with zero attached hydrogens (tertiary/aromatic N) is 1. The summed E-state index contributed by atoms with van der Waals surface area (Å²) in [5, 5.41) is 6.05. The van der Waals surface area contributed by atoms with E-state index in [4.69, 9.17) is 14.9 Å². The number of pyridine rings is 1. The molecule has 9 heteroatoms. The number of thioether (sulfide) groups is 1. The molecule has 1 aromatic heterocycles. The molecular weight excluding hydrogens is 562 g/mol. The first-order chi connectivity index (χ1) is 19.7. The first kappa shape index (κ1) is 28.6. The highest BCUT2D eigenvalue weighted by Crippen LogP contribution is 2.51. The topological polar surface area (TPSA) is 82.3 Å². The van der Waals surface area contributed by atoms with E-state index in [1.807, 2.05) is 12.1 Å². The lowest BCUT2D eigenvalue weighted by Gasteiger charge is -2.29. The monoisotopic (exact) mass is 598 g/mol. The average molecular weight is 599 g/mol. The van der Waals surface area contributed by atoms with Crippen LogP contribution in [0.25, 0.3) is 11.1 Å². The number of nitrogens with two attached hydrogens (primary N) is 1. The zero-order valence-corrected chi connectivity index (χ0v) is 25.0. The minimum Gasteiger partial charge on any atom is -0.454 e. The molecule has 3 aliphatic carbocycles. The molecule has 3 aliphatic rings. The number of aryl methyl sites for hydroxylation is 1. The third-order valence-corrected chi connectivity index (χ3v) is 10.5. The van der Waals surface area contributed by atoms with Crippen molar-refractivity contribution in [3.8, 4) is 22.6 Å². The molecule has 6 rings (SSSR count). The van der Waals surface area contributed by atoms with Crippen LogP contribution in [-0.4, -0.2) is 19.2 Å². The second-order valence-corrected chi connectivity index (χ2v) is 14.3. The van der Waals surface area contributed by atoms with Crippen LogP contribution in [0.15, 0.2) is 40.1 Å². The van der Waals surface area contributed by atoms with Crippen LogP contribution in [0.1, 0.15) is 99.1 Å². The van der Waals surface area contributed by atoms with Gasteiger partial charge in [-0.05, 0) is 98.4 Å². The van der Waals surface area contributed by atoms with Gasteiger partial charge >= 0.3 is 0 Å². The Bertz CT molecular complexity index is 1580. The fourth-order valence-electron chi connectivity index (χ4n) is 6.49. The normalized spacial score (nSPS) is 17.9. The molecule has 0 amide bonds. The molecule has 1 heterocycles. The molecule has 2 saturated carbocycles. The summed E-state index contributed by atoms with van der Waals surface area (Å²) in [6.45, 7) is 2.09. The van der Waals surface area contributed by atoms with Gasteiger partial charge in [0.2, 0.25) is 10.0 Å².